The highest BCUT2D eigenvalue weighted by molar-refractivity contribution is 5.90. The van der Waals surface area contributed by atoms with E-state index in [9.17, 15) is 9.59 Å². The van der Waals surface area contributed by atoms with Crippen LogP contribution < -0.4 is 5.73 Å². The van der Waals surface area contributed by atoms with Gasteiger partial charge < -0.3 is 10.5 Å². The van der Waals surface area contributed by atoms with Gasteiger partial charge in [0.2, 0.25) is 0 Å². The summed E-state index contributed by atoms with van der Waals surface area (Å²) < 4.78 is 4.55. The topological polar surface area (TPSA) is 82.3 Å². The number of amides is 1. The number of hydrogen-bond acceptors (Lipinski definition) is 4. The summed E-state index contributed by atoms with van der Waals surface area (Å²) in [5, 5.41) is 0. The summed E-state index contributed by atoms with van der Waals surface area (Å²) in [5.41, 5.74) is 5.13. The Hall–Kier alpha value is -1.91. The standard InChI is InChI=1S/C8H8N2O3/c9-7(11)5-13-8(12)6-1-3-10-4-2-6/h1-4H,5H2,(H2,9,11). The van der Waals surface area contributed by atoms with Crippen LogP contribution in [0.1, 0.15) is 10.4 Å². The molecule has 1 aromatic heterocycles. The number of pyridine rings is 1. The van der Waals surface area contributed by atoms with Gasteiger partial charge in [-0.25, -0.2) is 4.79 Å². The summed E-state index contributed by atoms with van der Waals surface area (Å²) >= 11 is 0. The molecule has 5 nitrogen and oxygen atoms in total. The van der Waals surface area contributed by atoms with Crippen molar-refractivity contribution in [3.63, 3.8) is 0 Å². The summed E-state index contributed by atoms with van der Waals surface area (Å²) in [6.07, 6.45) is 2.92. The van der Waals surface area contributed by atoms with Crippen LogP contribution >= 0.6 is 0 Å². The van der Waals surface area contributed by atoms with Crippen molar-refractivity contribution in [2.75, 3.05) is 6.61 Å². The summed E-state index contributed by atoms with van der Waals surface area (Å²) in [6.45, 7) is -0.402. The number of esters is 1. The van der Waals surface area contributed by atoms with Gasteiger partial charge in [0.05, 0.1) is 5.56 Å². The maximum atomic E-state index is 11.1. The van der Waals surface area contributed by atoms with E-state index >= 15 is 0 Å². The number of nitrogens with two attached hydrogens (primary N) is 1. The van der Waals surface area contributed by atoms with Crippen molar-refractivity contribution >= 4 is 11.9 Å². The molecule has 2 N–H and O–H groups in total. The SMILES string of the molecule is NC(=O)COC(=O)c1ccncc1. The summed E-state index contributed by atoms with van der Waals surface area (Å²) in [5.74, 6) is -1.26. The molecule has 5 heteroatoms. The summed E-state index contributed by atoms with van der Waals surface area (Å²) in [4.78, 5) is 25.1. The Balaban J connectivity index is 2.54. The van der Waals surface area contributed by atoms with E-state index in [1.807, 2.05) is 0 Å². The zero-order chi connectivity index (χ0) is 9.68. The Bertz CT molecular complexity index is 310. The van der Waals surface area contributed by atoms with Crippen LogP contribution in [0.3, 0.4) is 0 Å². The van der Waals surface area contributed by atoms with Crippen LogP contribution in [-0.2, 0) is 9.53 Å². The molecule has 0 unspecified atom stereocenters. The molecule has 1 aromatic rings. The lowest BCUT2D eigenvalue weighted by atomic mass is 10.3. The number of hydrogen-bond donors (Lipinski definition) is 1. The monoisotopic (exact) mass is 180 g/mol. The van der Waals surface area contributed by atoms with Crippen LogP contribution in [0.4, 0.5) is 0 Å². The Labute approximate surface area is 74.5 Å². The van der Waals surface area contributed by atoms with Gasteiger partial charge in [0.1, 0.15) is 0 Å². The molecular formula is C8H8N2O3. The first kappa shape index (κ1) is 9.18. The molecule has 0 spiro atoms. The van der Waals surface area contributed by atoms with Crippen LogP contribution in [0.5, 0.6) is 0 Å². The minimum Gasteiger partial charge on any atom is -0.452 e. The Morgan fingerprint density at radius 3 is 2.54 bits per heavy atom. The predicted molar refractivity (Wildman–Crippen MR) is 43.7 cm³/mol. The van der Waals surface area contributed by atoms with Crippen molar-refractivity contribution in [3.8, 4) is 0 Å². The fraction of sp³-hybridized carbons (Fsp3) is 0.125. The van der Waals surface area contributed by atoms with E-state index in [2.05, 4.69) is 9.72 Å². The van der Waals surface area contributed by atoms with Gasteiger partial charge in [-0.05, 0) is 12.1 Å². The van der Waals surface area contributed by atoms with Gasteiger partial charge in [-0.2, -0.15) is 0 Å². The Morgan fingerprint density at radius 1 is 1.38 bits per heavy atom. The normalized spacial score (nSPS) is 9.23. The first-order valence-corrected chi connectivity index (χ1v) is 3.55. The largest absolute Gasteiger partial charge is 0.452 e. The van der Waals surface area contributed by atoms with Crippen LogP contribution in [0.2, 0.25) is 0 Å². The van der Waals surface area contributed by atoms with Crippen LogP contribution in [0.15, 0.2) is 24.5 Å². The van der Waals surface area contributed by atoms with Crippen LogP contribution in [-0.4, -0.2) is 23.5 Å². The molecule has 0 aliphatic heterocycles. The van der Waals surface area contributed by atoms with Gasteiger partial charge in [0.15, 0.2) is 6.61 Å². The first-order chi connectivity index (χ1) is 6.20. The highest BCUT2D eigenvalue weighted by Gasteiger charge is 2.06. The molecule has 1 amide bonds. The second-order valence-corrected chi connectivity index (χ2v) is 2.28. The van der Waals surface area contributed by atoms with Gasteiger partial charge in [0, 0.05) is 12.4 Å². The number of ether oxygens (including phenoxy) is 1. The van der Waals surface area contributed by atoms with Crippen LogP contribution in [0, 0.1) is 0 Å². The third kappa shape index (κ3) is 2.90. The third-order valence-electron chi connectivity index (χ3n) is 1.26. The number of rotatable bonds is 3. The predicted octanol–water partition coefficient (Wildman–Crippen LogP) is -0.276. The number of aromatic nitrogens is 1. The van der Waals surface area contributed by atoms with Crippen molar-refractivity contribution < 1.29 is 14.3 Å². The van der Waals surface area contributed by atoms with Gasteiger partial charge in [0.25, 0.3) is 5.91 Å². The number of carbonyl (C=O) groups is 2. The lowest BCUT2D eigenvalue weighted by Crippen LogP contribution is -2.20. The second kappa shape index (κ2) is 4.20. The van der Waals surface area contributed by atoms with E-state index in [0.29, 0.717) is 5.56 Å². The average Bonchev–Trinajstić information content (AvgIpc) is 2.15. The summed E-state index contributed by atoms with van der Waals surface area (Å²) in [6, 6.07) is 2.98. The zero-order valence-corrected chi connectivity index (χ0v) is 6.77. The molecule has 0 aliphatic carbocycles. The fourth-order valence-corrected chi connectivity index (χ4v) is 0.708. The van der Waals surface area contributed by atoms with E-state index in [0.717, 1.165) is 0 Å². The van der Waals surface area contributed by atoms with Gasteiger partial charge in [-0.15, -0.1) is 0 Å². The lowest BCUT2D eigenvalue weighted by molar-refractivity contribution is -0.121. The average molecular weight is 180 g/mol. The molecule has 13 heavy (non-hydrogen) atoms. The molecule has 68 valence electrons. The fourth-order valence-electron chi connectivity index (χ4n) is 0.708. The van der Waals surface area contributed by atoms with Crippen molar-refractivity contribution in [2.45, 2.75) is 0 Å². The van der Waals surface area contributed by atoms with E-state index in [-0.39, 0.29) is 0 Å². The molecule has 1 rings (SSSR count). The second-order valence-electron chi connectivity index (χ2n) is 2.28. The maximum absolute atomic E-state index is 11.1. The molecule has 0 bridgehead atoms. The summed E-state index contributed by atoms with van der Waals surface area (Å²) in [7, 11) is 0. The van der Waals surface area contributed by atoms with Crippen molar-refractivity contribution in [1.82, 2.24) is 4.98 Å². The van der Waals surface area contributed by atoms with E-state index in [1.54, 1.807) is 0 Å². The third-order valence-corrected chi connectivity index (χ3v) is 1.26. The van der Waals surface area contributed by atoms with Crippen LogP contribution in [0.25, 0.3) is 0 Å². The van der Waals surface area contributed by atoms with E-state index in [4.69, 9.17) is 5.73 Å². The maximum Gasteiger partial charge on any atom is 0.338 e. The first-order valence-electron chi connectivity index (χ1n) is 3.55. The lowest BCUT2D eigenvalue weighted by Gasteiger charge is -2.00. The minimum absolute atomic E-state index is 0.344. The van der Waals surface area contributed by atoms with Crippen molar-refractivity contribution in [3.05, 3.63) is 30.1 Å². The van der Waals surface area contributed by atoms with E-state index < -0.39 is 18.5 Å². The Morgan fingerprint density at radius 2 is 2.00 bits per heavy atom. The van der Waals surface area contributed by atoms with Gasteiger partial charge in [-0.1, -0.05) is 0 Å². The molecule has 0 atom stereocenters. The molecule has 0 saturated heterocycles. The molecular weight excluding hydrogens is 172 g/mol. The highest BCUT2D eigenvalue weighted by Crippen LogP contribution is 1.98. The number of primary amides is 1. The minimum atomic E-state index is -0.678. The molecule has 0 aliphatic rings. The van der Waals surface area contributed by atoms with Gasteiger partial charge in [-0.3, -0.25) is 9.78 Å². The molecule has 0 fully saturated rings. The molecule has 0 radical (unpaired) electrons. The zero-order valence-electron chi connectivity index (χ0n) is 6.77. The quantitative estimate of drug-likeness (QED) is 0.649. The number of nitrogens with zero attached hydrogens (tertiary/aromatic N) is 1. The smallest absolute Gasteiger partial charge is 0.338 e. The van der Waals surface area contributed by atoms with Crippen molar-refractivity contribution in [1.29, 1.82) is 0 Å². The molecule has 0 aromatic carbocycles. The molecule has 1 heterocycles. The Kier molecular flexibility index (Phi) is 2.97. The van der Waals surface area contributed by atoms with E-state index in [1.165, 1.54) is 24.5 Å². The highest BCUT2D eigenvalue weighted by atomic mass is 16.5. The molecule has 0 saturated carbocycles. The van der Waals surface area contributed by atoms with Gasteiger partial charge >= 0.3 is 5.97 Å². The number of carbonyl (C=O) groups excluding carboxylic acids is 2. The van der Waals surface area contributed by atoms with Crippen molar-refractivity contribution in [2.24, 2.45) is 5.73 Å².